The summed E-state index contributed by atoms with van der Waals surface area (Å²) >= 11 is 0. The molecule has 3 nitrogen and oxygen atoms in total. The summed E-state index contributed by atoms with van der Waals surface area (Å²) in [6.45, 7) is 5.19. The highest BCUT2D eigenvalue weighted by Crippen LogP contribution is 2.34. The third-order valence-corrected chi connectivity index (χ3v) is 4.42. The van der Waals surface area contributed by atoms with Gasteiger partial charge in [-0.15, -0.1) is 0 Å². The predicted molar refractivity (Wildman–Crippen MR) is 88.1 cm³/mol. The number of pyridine rings is 1. The number of hydrogen-bond acceptors (Lipinski definition) is 3. The molecule has 2 aromatic rings. The van der Waals surface area contributed by atoms with Crippen molar-refractivity contribution in [2.24, 2.45) is 11.7 Å². The highest BCUT2D eigenvalue weighted by Gasteiger charge is 2.28. The van der Waals surface area contributed by atoms with Crippen LogP contribution >= 0.6 is 0 Å². The van der Waals surface area contributed by atoms with E-state index in [-0.39, 0.29) is 6.04 Å². The van der Waals surface area contributed by atoms with E-state index in [0.717, 1.165) is 12.5 Å². The first-order valence-electron chi connectivity index (χ1n) is 8.10. The van der Waals surface area contributed by atoms with Crippen LogP contribution in [0.2, 0.25) is 0 Å². The largest absolute Gasteiger partial charge is 0.329 e. The second-order valence-electron chi connectivity index (χ2n) is 6.14. The Morgan fingerprint density at radius 2 is 2.10 bits per heavy atom. The number of hydrogen-bond donors (Lipinski definition) is 1. The van der Waals surface area contributed by atoms with Gasteiger partial charge >= 0.3 is 0 Å². The Kier molecular flexibility index (Phi) is 4.51. The average molecular weight is 283 g/mol. The highest BCUT2D eigenvalue weighted by molar-refractivity contribution is 5.85. The zero-order chi connectivity index (χ0) is 14.7. The van der Waals surface area contributed by atoms with E-state index >= 15 is 0 Å². The lowest BCUT2D eigenvalue weighted by Gasteiger charge is -2.31. The fourth-order valence-electron chi connectivity index (χ4n) is 3.17. The van der Waals surface area contributed by atoms with Gasteiger partial charge in [-0.25, -0.2) is 0 Å². The molecule has 1 unspecified atom stereocenters. The van der Waals surface area contributed by atoms with Gasteiger partial charge in [0, 0.05) is 36.9 Å². The van der Waals surface area contributed by atoms with Crippen LogP contribution in [0, 0.1) is 5.92 Å². The van der Waals surface area contributed by atoms with Crippen molar-refractivity contribution in [2.75, 3.05) is 19.6 Å². The maximum absolute atomic E-state index is 6.15. The van der Waals surface area contributed by atoms with Crippen LogP contribution in [0.1, 0.15) is 37.8 Å². The summed E-state index contributed by atoms with van der Waals surface area (Å²) in [6, 6.07) is 8.77. The molecular formula is C18H25N3. The minimum Gasteiger partial charge on any atom is -0.329 e. The minimum absolute atomic E-state index is 0.282. The third-order valence-electron chi connectivity index (χ3n) is 4.42. The summed E-state index contributed by atoms with van der Waals surface area (Å²) < 4.78 is 0. The molecule has 1 aromatic heterocycles. The summed E-state index contributed by atoms with van der Waals surface area (Å²) in [7, 11) is 0. The molecule has 1 saturated carbocycles. The van der Waals surface area contributed by atoms with Crippen LogP contribution in [0.4, 0.5) is 0 Å². The molecule has 0 saturated heterocycles. The van der Waals surface area contributed by atoms with Gasteiger partial charge in [-0.3, -0.25) is 9.88 Å². The molecule has 1 aliphatic carbocycles. The second-order valence-corrected chi connectivity index (χ2v) is 6.14. The van der Waals surface area contributed by atoms with E-state index < -0.39 is 0 Å². The van der Waals surface area contributed by atoms with Crippen LogP contribution in [0.3, 0.4) is 0 Å². The Bertz CT molecular complexity index is 587. The maximum atomic E-state index is 6.15. The monoisotopic (exact) mass is 283 g/mol. The molecule has 112 valence electrons. The molecule has 3 heteroatoms. The molecule has 0 amide bonds. The van der Waals surface area contributed by atoms with E-state index in [4.69, 9.17) is 5.73 Å². The van der Waals surface area contributed by atoms with Crippen LogP contribution in [0.5, 0.6) is 0 Å². The Morgan fingerprint density at radius 3 is 2.81 bits per heavy atom. The Balaban J connectivity index is 1.95. The molecule has 2 N–H and O–H groups in total. The number of nitrogens with two attached hydrogens (primary N) is 1. The fraction of sp³-hybridized carbons (Fsp3) is 0.500. The van der Waals surface area contributed by atoms with Gasteiger partial charge in [-0.05, 0) is 42.7 Å². The Hall–Kier alpha value is -1.45. The first-order valence-corrected chi connectivity index (χ1v) is 8.10. The van der Waals surface area contributed by atoms with Crippen molar-refractivity contribution in [2.45, 2.75) is 32.2 Å². The van der Waals surface area contributed by atoms with Gasteiger partial charge in [-0.1, -0.05) is 31.2 Å². The van der Waals surface area contributed by atoms with E-state index in [9.17, 15) is 0 Å². The smallest absolute Gasteiger partial charge is 0.0491 e. The van der Waals surface area contributed by atoms with E-state index in [1.807, 2.05) is 12.4 Å². The molecule has 1 aliphatic rings. The lowest BCUT2D eigenvalue weighted by Crippen LogP contribution is -2.36. The number of fused-ring (bicyclic) bond motifs is 1. The first kappa shape index (κ1) is 14.5. The summed E-state index contributed by atoms with van der Waals surface area (Å²) in [6.07, 6.45) is 7.88. The standard InChI is InChI=1S/C18H25N3/c1-2-9-21(13-14-7-8-14)18(10-19)17-12-20-11-15-5-3-4-6-16(15)17/h3-6,11-12,14,18H,2,7-10,13,19H2,1H3. The van der Waals surface area contributed by atoms with Gasteiger partial charge in [0.05, 0.1) is 0 Å². The SMILES string of the molecule is CCCN(CC1CC1)C(CN)c1cncc2ccccc12. The van der Waals surface area contributed by atoms with Crippen LogP contribution < -0.4 is 5.73 Å². The Labute approximate surface area is 127 Å². The zero-order valence-electron chi connectivity index (χ0n) is 12.8. The lowest BCUT2D eigenvalue weighted by atomic mass is 10.00. The molecule has 3 rings (SSSR count). The van der Waals surface area contributed by atoms with Gasteiger partial charge in [0.15, 0.2) is 0 Å². The van der Waals surface area contributed by atoms with Crippen LogP contribution in [-0.4, -0.2) is 29.5 Å². The summed E-state index contributed by atoms with van der Waals surface area (Å²) in [4.78, 5) is 7.01. The molecule has 1 fully saturated rings. The normalized spacial score (nSPS) is 16.5. The van der Waals surface area contributed by atoms with Crippen molar-refractivity contribution in [3.63, 3.8) is 0 Å². The van der Waals surface area contributed by atoms with Crippen molar-refractivity contribution in [1.29, 1.82) is 0 Å². The quantitative estimate of drug-likeness (QED) is 0.847. The number of rotatable bonds is 7. The number of benzene rings is 1. The molecule has 1 atom stereocenters. The summed E-state index contributed by atoms with van der Waals surface area (Å²) in [5, 5.41) is 2.50. The highest BCUT2D eigenvalue weighted by atomic mass is 15.2. The van der Waals surface area contributed by atoms with E-state index in [2.05, 4.69) is 41.1 Å². The molecule has 1 heterocycles. The lowest BCUT2D eigenvalue weighted by molar-refractivity contribution is 0.194. The van der Waals surface area contributed by atoms with Crippen LogP contribution in [0.15, 0.2) is 36.7 Å². The van der Waals surface area contributed by atoms with Crippen molar-refractivity contribution in [3.05, 3.63) is 42.2 Å². The summed E-state index contributed by atoms with van der Waals surface area (Å²) in [5.41, 5.74) is 7.44. The summed E-state index contributed by atoms with van der Waals surface area (Å²) in [5.74, 6) is 0.883. The minimum atomic E-state index is 0.282. The van der Waals surface area contributed by atoms with E-state index in [0.29, 0.717) is 6.54 Å². The third kappa shape index (κ3) is 3.25. The van der Waals surface area contributed by atoms with Gasteiger partial charge in [0.1, 0.15) is 0 Å². The van der Waals surface area contributed by atoms with Crippen molar-refractivity contribution < 1.29 is 0 Å². The first-order chi connectivity index (χ1) is 10.3. The van der Waals surface area contributed by atoms with E-state index in [1.165, 1.54) is 42.1 Å². The number of aromatic nitrogens is 1. The van der Waals surface area contributed by atoms with Gasteiger partial charge in [0.25, 0.3) is 0 Å². The molecule has 0 spiro atoms. The molecule has 0 radical (unpaired) electrons. The molecule has 21 heavy (non-hydrogen) atoms. The van der Waals surface area contributed by atoms with Crippen molar-refractivity contribution in [1.82, 2.24) is 9.88 Å². The van der Waals surface area contributed by atoms with Crippen LogP contribution in [-0.2, 0) is 0 Å². The fourth-order valence-corrected chi connectivity index (χ4v) is 3.17. The van der Waals surface area contributed by atoms with Crippen molar-refractivity contribution >= 4 is 10.8 Å². The van der Waals surface area contributed by atoms with Gasteiger partial charge < -0.3 is 5.73 Å². The molecule has 0 bridgehead atoms. The average Bonchev–Trinajstić information content (AvgIpc) is 3.32. The maximum Gasteiger partial charge on any atom is 0.0491 e. The zero-order valence-corrected chi connectivity index (χ0v) is 12.8. The molecule has 1 aromatic carbocycles. The van der Waals surface area contributed by atoms with Crippen LogP contribution in [0.25, 0.3) is 10.8 Å². The van der Waals surface area contributed by atoms with Gasteiger partial charge in [0.2, 0.25) is 0 Å². The molecule has 0 aliphatic heterocycles. The molecular weight excluding hydrogens is 258 g/mol. The topological polar surface area (TPSA) is 42.1 Å². The van der Waals surface area contributed by atoms with Gasteiger partial charge in [-0.2, -0.15) is 0 Å². The second kappa shape index (κ2) is 6.54. The Morgan fingerprint density at radius 1 is 1.29 bits per heavy atom. The van der Waals surface area contributed by atoms with E-state index in [1.54, 1.807) is 0 Å². The van der Waals surface area contributed by atoms with Crippen molar-refractivity contribution in [3.8, 4) is 0 Å². The number of nitrogens with zero attached hydrogens (tertiary/aromatic N) is 2. The predicted octanol–water partition coefficient (Wildman–Crippen LogP) is 3.36.